The molecule has 0 saturated carbocycles. The molecule has 0 unspecified atom stereocenters. The highest BCUT2D eigenvalue weighted by molar-refractivity contribution is 6.31. The Bertz CT molecular complexity index is 791. The van der Waals surface area contributed by atoms with Crippen molar-refractivity contribution in [1.82, 2.24) is 5.32 Å². The number of aryl methyl sites for hydroxylation is 2. The van der Waals surface area contributed by atoms with E-state index in [0.717, 1.165) is 18.4 Å². The van der Waals surface area contributed by atoms with Crippen molar-refractivity contribution in [2.75, 3.05) is 12.4 Å². The van der Waals surface area contributed by atoms with Crippen LogP contribution in [-0.2, 0) is 11.2 Å². The Balaban J connectivity index is 1.69. The number of hydrogen-bond donors (Lipinski definition) is 2. The second-order valence-corrected chi connectivity index (χ2v) is 6.88. The lowest BCUT2D eigenvalue weighted by Gasteiger charge is -2.21. The third kappa shape index (κ3) is 3.80. The molecular weight excluding hydrogens is 336 g/mol. The molecule has 0 bridgehead atoms. The van der Waals surface area contributed by atoms with E-state index in [9.17, 15) is 4.79 Å². The van der Waals surface area contributed by atoms with Gasteiger partial charge in [-0.25, -0.2) is 0 Å². The summed E-state index contributed by atoms with van der Waals surface area (Å²) in [4.78, 5) is 12.6. The molecule has 25 heavy (non-hydrogen) atoms. The van der Waals surface area contributed by atoms with Crippen LogP contribution in [-0.4, -0.2) is 19.1 Å². The zero-order chi connectivity index (χ0) is 18.0. The van der Waals surface area contributed by atoms with Gasteiger partial charge in [-0.05, 0) is 49.4 Å². The predicted octanol–water partition coefficient (Wildman–Crippen LogP) is 4.26. The molecule has 0 fully saturated rings. The maximum atomic E-state index is 12.6. The average Bonchev–Trinajstić information content (AvgIpc) is 3.01. The van der Waals surface area contributed by atoms with E-state index < -0.39 is 0 Å². The topological polar surface area (TPSA) is 50.4 Å². The number of anilines is 1. The van der Waals surface area contributed by atoms with E-state index in [1.807, 2.05) is 26.0 Å². The maximum Gasteiger partial charge on any atom is 0.241 e. The van der Waals surface area contributed by atoms with Gasteiger partial charge in [0.1, 0.15) is 5.75 Å². The highest BCUT2D eigenvalue weighted by Crippen LogP contribution is 2.32. The lowest BCUT2D eigenvalue weighted by Crippen LogP contribution is -2.39. The van der Waals surface area contributed by atoms with Crippen LogP contribution in [0.25, 0.3) is 0 Å². The fourth-order valence-electron chi connectivity index (χ4n) is 3.28. The van der Waals surface area contributed by atoms with E-state index in [0.29, 0.717) is 16.5 Å². The molecule has 0 heterocycles. The van der Waals surface area contributed by atoms with Crippen LogP contribution in [0.3, 0.4) is 0 Å². The average molecular weight is 359 g/mol. The van der Waals surface area contributed by atoms with Crippen molar-refractivity contribution in [1.29, 1.82) is 0 Å². The van der Waals surface area contributed by atoms with Gasteiger partial charge in [0.25, 0.3) is 0 Å². The van der Waals surface area contributed by atoms with Crippen molar-refractivity contribution in [3.63, 3.8) is 0 Å². The first-order valence-corrected chi connectivity index (χ1v) is 8.86. The number of carbonyl (C=O) groups is 1. The summed E-state index contributed by atoms with van der Waals surface area (Å²) >= 11 is 6.12. The number of nitrogens with one attached hydrogen (secondary N) is 2. The second-order valence-electron chi connectivity index (χ2n) is 6.47. The highest BCUT2D eigenvalue weighted by Gasteiger charge is 2.25. The Morgan fingerprint density at radius 3 is 2.84 bits per heavy atom. The van der Waals surface area contributed by atoms with E-state index >= 15 is 0 Å². The Hall–Kier alpha value is -2.04. The molecule has 4 nitrogen and oxygen atoms in total. The molecule has 2 aromatic carbocycles. The standard InChI is InChI=1S/C20H23ClN2O2/c1-12-10-18(19(25-3)11-16(12)21)23-20(24)13(2)22-17-9-8-14-6-4-5-7-15(14)17/h4-7,10-11,13,17,22H,8-9H2,1-3H3,(H,23,24)/t13-,17-/m1/s1. The lowest BCUT2D eigenvalue weighted by molar-refractivity contribution is -0.118. The van der Waals surface area contributed by atoms with E-state index in [2.05, 4.69) is 28.8 Å². The smallest absolute Gasteiger partial charge is 0.241 e. The Kier molecular flexibility index (Phi) is 5.30. The zero-order valence-corrected chi connectivity index (χ0v) is 15.5. The molecule has 0 radical (unpaired) electrons. The van der Waals surface area contributed by atoms with E-state index in [4.69, 9.17) is 16.3 Å². The summed E-state index contributed by atoms with van der Waals surface area (Å²) in [6, 6.07) is 11.8. The molecule has 3 rings (SSSR count). The van der Waals surface area contributed by atoms with Crippen molar-refractivity contribution >= 4 is 23.2 Å². The normalized spacial score (nSPS) is 17.0. The molecule has 1 aliphatic rings. The third-order valence-electron chi connectivity index (χ3n) is 4.72. The van der Waals surface area contributed by atoms with E-state index in [-0.39, 0.29) is 18.0 Å². The lowest BCUT2D eigenvalue weighted by atomic mass is 10.1. The van der Waals surface area contributed by atoms with Crippen LogP contribution in [0.5, 0.6) is 5.75 Å². The van der Waals surface area contributed by atoms with Crippen molar-refractivity contribution in [3.05, 3.63) is 58.1 Å². The molecule has 2 aromatic rings. The molecular formula is C20H23ClN2O2. The summed E-state index contributed by atoms with van der Waals surface area (Å²) in [6.45, 7) is 3.78. The summed E-state index contributed by atoms with van der Waals surface area (Å²) in [5, 5.41) is 7.00. The molecule has 0 aromatic heterocycles. The molecule has 1 aliphatic carbocycles. The number of rotatable bonds is 5. The maximum absolute atomic E-state index is 12.6. The first-order valence-electron chi connectivity index (χ1n) is 8.48. The van der Waals surface area contributed by atoms with Crippen molar-refractivity contribution < 1.29 is 9.53 Å². The van der Waals surface area contributed by atoms with Gasteiger partial charge < -0.3 is 10.1 Å². The van der Waals surface area contributed by atoms with Gasteiger partial charge in [-0.1, -0.05) is 35.9 Å². The quantitative estimate of drug-likeness (QED) is 0.839. The number of halogens is 1. The predicted molar refractivity (Wildman–Crippen MR) is 101 cm³/mol. The van der Waals surface area contributed by atoms with Crippen molar-refractivity contribution in [2.24, 2.45) is 0 Å². The van der Waals surface area contributed by atoms with Gasteiger partial charge in [-0.15, -0.1) is 0 Å². The minimum absolute atomic E-state index is 0.0931. The molecule has 132 valence electrons. The fourth-order valence-corrected chi connectivity index (χ4v) is 3.43. The van der Waals surface area contributed by atoms with Crippen LogP contribution >= 0.6 is 11.6 Å². The van der Waals surface area contributed by atoms with Gasteiger partial charge in [0.05, 0.1) is 18.8 Å². The highest BCUT2D eigenvalue weighted by atomic mass is 35.5. The molecule has 0 aliphatic heterocycles. The molecule has 2 atom stereocenters. The Morgan fingerprint density at radius 1 is 1.32 bits per heavy atom. The van der Waals surface area contributed by atoms with E-state index in [1.54, 1.807) is 13.2 Å². The molecule has 0 saturated heterocycles. The Morgan fingerprint density at radius 2 is 2.08 bits per heavy atom. The summed E-state index contributed by atoms with van der Waals surface area (Å²) < 4.78 is 5.32. The summed E-state index contributed by atoms with van der Waals surface area (Å²) in [6.07, 6.45) is 2.06. The SMILES string of the molecule is COc1cc(Cl)c(C)cc1NC(=O)[C@@H](C)N[C@@H]1CCc2ccccc21. The first-order chi connectivity index (χ1) is 12.0. The van der Waals surface area contributed by atoms with Crippen molar-refractivity contribution in [3.8, 4) is 5.75 Å². The van der Waals surface area contributed by atoms with Crippen molar-refractivity contribution in [2.45, 2.75) is 38.8 Å². The van der Waals surface area contributed by atoms with Crippen LogP contribution < -0.4 is 15.4 Å². The van der Waals surface area contributed by atoms with Crippen LogP contribution in [0.4, 0.5) is 5.69 Å². The summed E-state index contributed by atoms with van der Waals surface area (Å²) in [5.74, 6) is 0.465. The molecule has 5 heteroatoms. The van der Waals surface area contributed by atoms with Gasteiger partial charge in [-0.3, -0.25) is 10.1 Å². The molecule has 2 N–H and O–H groups in total. The third-order valence-corrected chi connectivity index (χ3v) is 5.12. The number of hydrogen-bond acceptors (Lipinski definition) is 3. The largest absolute Gasteiger partial charge is 0.495 e. The summed E-state index contributed by atoms with van der Waals surface area (Å²) in [5.41, 5.74) is 4.18. The van der Waals surface area contributed by atoms with Gasteiger partial charge in [-0.2, -0.15) is 0 Å². The number of carbonyl (C=O) groups excluding carboxylic acids is 1. The van der Waals surface area contributed by atoms with Crippen LogP contribution in [0.15, 0.2) is 36.4 Å². The number of methoxy groups -OCH3 is 1. The molecule has 0 spiro atoms. The second kappa shape index (κ2) is 7.46. The Labute approximate surface area is 153 Å². The number of ether oxygens (including phenoxy) is 1. The van der Waals surface area contributed by atoms with Crippen LogP contribution in [0.1, 0.15) is 36.1 Å². The van der Waals surface area contributed by atoms with Gasteiger partial charge in [0, 0.05) is 17.1 Å². The van der Waals surface area contributed by atoms with Gasteiger partial charge >= 0.3 is 0 Å². The van der Waals surface area contributed by atoms with E-state index in [1.165, 1.54) is 11.1 Å². The first kappa shape index (κ1) is 17.8. The fraction of sp³-hybridized carbons (Fsp3) is 0.350. The number of benzene rings is 2. The zero-order valence-electron chi connectivity index (χ0n) is 14.7. The number of amides is 1. The van der Waals surface area contributed by atoms with Crippen LogP contribution in [0, 0.1) is 6.92 Å². The summed E-state index contributed by atoms with van der Waals surface area (Å²) in [7, 11) is 1.56. The minimum Gasteiger partial charge on any atom is -0.495 e. The van der Waals surface area contributed by atoms with Crippen LogP contribution in [0.2, 0.25) is 5.02 Å². The number of fused-ring (bicyclic) bond motifs is 1. The minimum atomic E-state index is -0.322. The van der Waals surface area contributed by atoms with Gasteiger partial charge in [0.15, 0.2) is 0 Å². The van der Waals surface area contributed by atoms with Gasteiger partial charge in [0.2, 0.25) is 5.91 Å². The monoisotopic (exact) mass is 358 g/mol. The molecule has 1 amide bonds.